The molecule has 0 N–H and O–H groups in total. The number of nitro groups is 1. The number of carboxylic acid groups (broad SMARTS) is 2. The molecule has 1 aromatic heterocycles. The second-order valence-corrected chi connectivity index (χ2v) is 3.20. The van der Waals surface area contributed by atoms with Crippen LogP contribution in [0.15, 0.2) is 4.42 Å². The molecule has 0 aliphatic carbocycles. The highest BCUT2D eigenvalue weighted by Crippen LogP contribution is 2.29. The number of hydrogen-bond acceptors (Lipinski definition) is 8. The SMILES string of the molecule is O=Cc1oc([N+](=O)[O-])c(CC(=O)[O-])c1CC(=O)[O-]. The number of aldehydes is 1. The maximum absolute atomic E-state index is 10.6. The van der Waals surface area contributed by atoms with Gasteiger partial charge in [0.2, 0.25) is 0 Å². The third-order valence-electron chi connectivity index (χ3n) is 2.04. The van der Waals surface area contributed by atoms with E-state index >= 15 is 0 Å². The zero-order valence-corrected chi connectivity index (χ0v) is 8.70. The van der Waals surface area contributed by atoms with Crippen LogP contribution in [0.25, 0.3) is 0 Å². The Morgan fingerprint density at radius 2 is 1.67 bits per heavy atom. The number of carbonyl (C=O) groups excluding carboxylic acids is 3. The summed E-state index contributed by atoms with van der Waals surface area (Å²) in [6.07, 6.45) is -1.74. The Labute approximate surface area is 98.8 Å². The highest BCUT2D eigenvalue weighted by molar-refractivity contribution is 5.82. The Morgan fingerprint density at radius 1 is 1.17 bits per heavy atom. The third-order valence-corrected chi connectivity index (χ3v) is 2.04. The van der Waals surface area contributed by atoms with E-state index < -0.39 is 46.9 Å². The predicted molar refractivity (Wildman–Crippen MR) is 48.2 cm³/mol. The van der Waals surface area contributed by atoms with Crippen molar-refractivity contribution in [2.24, 2.45) is 0 Å². The molecule has 0 aromatic carbocycles. The van der Waals surface area contributed by atoms with Crippen molar-refractivity contribution >= 4 is 24.1 Å². The van der Waals surface area contributed by atoms with E-state index in [2.05, 4.69) is 4.42 Å². The van der Waals surface area contributed by atoms with Crippen LogP contribution in [0.4, 0.5) is 5.88 Å². The number of aliphatic carboxylic acids is 2. The van der Waals surface area contributed by atoms with Gasteiger partial charge in [-0.1, -0.05) is 0 Å². The third kappa shape index (κ3) is 2.70. The van der Waals surface area contributed by atoms with Crippen molar-refractivity contribution < 1.29 is 33.9 Å². The van der Waals surface area contributed by atoms with Crippen molar-refractivity contribution in [3.8, 4) is 0 Å². The molecule has 0 saturated heterocycles. The molecule has 0 saturated carbocycles. The highest BCUT2D eigenvalue weighted by atomic mass is 16.6. The van der Waals surface area contributed by atoms with E-state index in [4.69, 9.17) is 0 Å². The lowest BCUT2D eigenvalue weighted by Crippen LogP contribution is -2.27. The summed E-state index contributed by atoms with van der Waals surface area (Å²) >= 11 is 0. The van der Waals surface area contributed by atoms with Gasteiger partial charge in [-0.15, -0.1) is 0 Å². The summed E-state index contributed by atoms with van der Waals surface area (Å²) in [6, 6.07) is 0. The summed E-state index contributed by atoms with van der Waals surface area (Å²) in [4.78, 5) is 41.0. The molecule has 9 heteroatoms. The molecule has 96 valence electrons. The first-order chi connectivity index (χ1) is 8.36. The fourth-order valence-electron chi connectivity index (χ4n) is 1.41. The summed E-state index contributed by atoms with van der Waals surface area (Å²) in [6.45, 7) is 0. The molecule has 0 amide bonds. The first-order valence-corrected chi connectivity index (χ1v) is 4.50. The lowest BCUT2D eigenvalue weighted by molar-refractivity contribution is -0.403. The second kappa shape index (κ2) is 5.08. The van der Waals surface area contributed by atoms with Crippen LogP contribution < -0.4 is 10.2 Å². The quantitative estimate of drug-likeness (QED) is 0.309. The maximum Gasteiger partial charge on any atom is 0.437 e. The highest BCUT2D eigenvalue weighted by Gasteiger charge is 2.27. The Balaban J connectivity index is 3.41. The van der Waals surface area contributed by atoms with E-state index in [1.807, 2.05) is 0 Å². The average Bonchev–Trinajstić information content (AvgIpc) is 2.56. The molecule has 0 bridgehead atoms. The Kier molecular flexibility index (Phi) is 3.77. The minimum atomic E-state index is -1.67. The Hall–Kier alpha value is -2.71. The van der Waals surface area contributed by atoms with Gasteiger partial charge in [0.15, 0.2) is 12.0 Å². The number of carbonyl (C=O) groups is 3. The van der Waals surface area contributed by atoms with Crippen molar-refractivity contribution in [3.63, 3.8) is 0 Å². The molecule has 1 rings (SSSR count). The number of rotatable bonds is 6. The second-order valence-electron chi connectivity index (χ2n) is 3.20. The summed E-state index contributed by atoms with van der Waals surface area (Å²) in [5.41, 5.74) is -0.896. The van der Waals surface area contributed by atoms with E-state index in [0.717, 1.165) is 0 Å². The minimum Gasteiger partial charge on any atom is -0.550 e. The summed E-state index contributed by atoms with van der Waals surface area (Å²) in [7, 11) is 0. The van der Waals surface area contributed by atoms with Crippen LogP contribution in [0.3, 0.4) is 0 Å². The van der Waals surface area contributed by atoms with E-state index in [1.54, 1.807) is 0 Å². The van der Waals surface area contributed by atoms with Crippen molar-refractivity contribution in [3.05, 3.63) is 27.0 Å². The van der Waals surface area contributed by atoms with Crippen molar-refractivity contribution in [1.82, 2.24) is 0 Å². The molecular weight excluding hydrogens is 250 g/mol. The first kappa shape index (κ1) is 13.4. The monoisotopic (exact) mass is 255 g/mol. The molecule has 0 aliphatic heterocycles. The summed E-state index contributed by atoms with van der Waals surface area (Å²) < 4.78 is 4.51. The average molecular weight is 255 g/mol. The van der Waals surface area contributed by atoms with Gasteiger partial charge >= 0.3 is 5.88 Å². The van der Waals surface area contributed by atoms with Crippen LogP contribution in [0.1, 0.15) is 21.7 Å². The van der Waals surface area contributed by atoms with Crippen LogP contribution in [-0.4, -0.2) is 23.1 Å². The topological polar surface area (TPSA) is 154 Å². The first-order valence-electron chi connectivity index (χ1n) is 4.50. The minimum absolute atomic E-state index is 0.0596. The molecule has 18 heavy (non-hydrogen) atoms. The predicted octanol–water partition coefficient (Wildman–Crippen LogP) is -2.41. The van der Waals surface area contributed by atoms with E-state index in [0.29, 0.717) is 0 Å². The van der Waals surface area contributed by atoms with Gasteiger partial charge in [0.1, 0.15) is 4.92 Å². The lowest BCUT2D eigenvalue weighted by Gasteiger charge is -2.04. The van der Waals surface area contributed by atoms with E-state index in [-0.39, 0.29) is 11.8 Å². The molecule has 0 fully saturated rings. The molecule has 0 unspecified atom stereocenters. The van der Waals surface area contributed by atoms with Gasteiger partial charge in [0.25, 0.3) is 0 Å². The van der Waals surface area contributed by atoms with Crippen LogP contribution in [0.2, 0.25) is 0 Å². The zero-order valence-electron chi connectivity index (χ0n) is 8.70. The molecule has 0 radical (unpaired) electrons. The molecule has 0 atom stereocenters. The molecule has 1 heterocycles. The lowest BCUT2D eigenvalue weighted by atomic mass is 10.0. The summed E-state index contributed by atoms with van der Waals surface area (Å²) in [5.74, 6) is -4.90. The molecule has 1 aromatic rings. The number of carboxylic acids is 2. The van der Waals surface area contributed by atoms with Gasteiger partial charge < -0.3 is 24.2 Å². The number of furan rings is 1. The molecule has 9 nitrogen and oxygen atoms in total. The van der Waals surface area contributed by atoms with Crippen molar-refractivity contribution in [2.75, 3.05) is 0 Å². The molecular formula is C9H5NO8-2. The largest absolute Gasteiger partial charge is 0.550 e. The van der Waals surface area contributed by atoms with Crippen molar-refractivity contribution in [2.45, 2.75) is 12.8 Å². The molecule has 0 aliphatic rings. The van der Waals surface area contributed by atoms with E-state index in [1.165, 1.54) is 0 Å². The van der Waals surface area contributed by atoms with Gasteiger partial charge in [0.05, 0.1) is 5.56 Å². The van der Waals surface area contributed by atoms with Gasteiger partial charge in [-0.25, -0.2) is 0 Å². The maximum atomic E-state index is 10.6. The van der Waals surface area contributed by atoms with Crippen LogP contribution in [-0.2, 0) is 22.4 Å². The van der Waals surface area contributed by atoms with Gasteiger partial charge in [-0.05, 0) is 0 Å². The van der Waals surface area contributed by atoms with E-state index in [9.17, 15) is 34.7 Å². The summed E-state index contributed by atoms with van der Waals surface area (Å²) in [5, 5.41) is 31.5. The molecule has 0 spiro atoms. The van der Waals surface area contributed by atoms with Crippen molar-refractivity contribution in [1.29, 1.82) is 0 Å². The Bertz CT molecular complexity index is 529. The fourth-order valence-corrected chi connectivity index (χ4v) is 1.41. The van der Waals surface area contributed by atoms with Gasteiger partial charge in [-0.2, -0.15) is 0 Å². The van der Waals surface area contributed by atoms with Crippen LogP contribution >= 0.6 is 0 Å². The normalized spacial score (nSPS) is 10.0. The van der Waals surface area contributed by atoms with Crippen LogP contribution in [0, 0.1) is 10.1 Å². The Morgan fingerprint density at radius 3 is 2.06 bits per heavy atom. The number of nitrogens with zero attached hydrogens (tertiary/aromatic N) is 1. The smallest absolute Gasteiger partial charge is 0.437 e. The standard InChI is InChI=1S/C9H7NO8/c11-3-6-4(1-7(12)13)5(2-8(14)15)9(18-6)10(16)17/h3H,1-2H2,(H,12,13)(H,14,15)/p-2. The fraction of sp³-hybridized carbons (Fsp3) is 0.222. The van der Waals surface area contributed by atoms with Gasteiger partial charge in [0, 0.05) is 30.3 Å². The number of hydrogen-bond donors (Lipinski definition) is 0. The zero-order chi connectivity index (χ0) is 13.9. The van der Waals surface area contributed by atoms with Gasteiger partial charge in [-0.3, -0.25) is 14.9 Å². The van der Waals surface area contributed by atoms with Crippen LogP contribution in [0.5, 0.6) is 0 Å².